The molecule has 1 aliphatic heterocycles. The Morgan fingerprint density at radius 2 is 1.58 bits per heavy atom. The predicted molar refractivity (Wildman–Crippen MR) is 103 cm³/mol. The summed E-state index contributed by atoms with van der Waals surface area (Å²) in [7, 11) is 0. The molecule has 1 saturated heterocycles. The van der Waals surface area contributed by atoms with Crippen molar-refractivity contribution < 1.29 is 13.5 Å². The Bertz CT molecular complexity index is 576. The third-order valence-electron chi connectivity index (χ3n) is 6.46. The van der Waals surface area contributed by atoms with E-state index >= 15 is 0 Å². The van der Waals surface area contributed by atoms with E-state index in [9.17, 15) is 8.78 Å². The van der Waals surface area contributed by atoms with Gasteiger partial charge in [0.05, 0.1) is 12.3 Å². The van der Waals surface area contributed by atoms with Crippen LogP contribution in [0.25, 0.3) is 0 Å². The van der Waals surface area contributed by atoms with Gasteiger partial charge in [0.15, 0.2) is 11.6 Å². The highest BCUT2D eigenvalue weighted by Crippen LogP contribution is 2.40. The van der Waals surface area contributed by atoms with E-state index in [1.165, 1.54) is 38.5 Å². The number of anilines is 1. The van der Waals surface area contributed by atoms with Crippen LogP contribution in [0.1, 0.15) is 65.2 Å². The maximum Gasteiger partial charge on any atom is 0.202 e. The molecule has 2 fully saturated rings. The fraction of sp³-hybridized carbons (Fsp3) is 0.727. The van der Waals surface area contributed by atoms with Crippen molar-refractivity contribution in [2.45, 2.75) is 65.2 Å². The molecule has 146 valence electrons. The number of rotatable bonds is 6. The van der Waals surface area contributed by atoms with E-state index in [0.29, 0.717) is 12.3 Å². The van der Waals surface area contributed by atoms with Gasteiger partial charge in [-0.1, -0.05) is 32.6 Å². The fourth-order valence-corrected chi connectivity index (χ4v) is 5.00. The van der Waals surface area contributed by atoms with Crippen molar-refractivity contribution in [3.8, 4) is 5.75 Å². The van der Waals surface area contributed by atoms with Crippen molar-refractivity contribution in [2.24, 2.45) is 17.8 Å². The molecule has 2 aliphatic rings. The predicted octanol–water partition coefficient (Wildman–Crippen LogP) is 6.19. The molecule has 1 aliphatic carbocycles. The van der Waals surface area contributed by atoms with Crippen molar-refractivity contribution >= 4 is 5.69 Å². The van der Waals surface area contributed by atoms with E-state index in [4.69, 9.17) is 4.74 Å². The first-order valence-electron chi connectivity index (χ1n) is 10.5. The van der Waals surface area contributed by atoms with Crippen LogP contribution in [0, 0.1) is 29.4 Å². The van der Waals surface area contributed by atoms with Gasteiger partial charge in [0.25, 0.3) is 0 Å². The molecule has 2 nitrogen and oxygen atoms in total. The standard InChI is InChI=1S/C22H33F2NO/c1-3-5-16-6-8-17(9-7-16)18-12-14-25(15-13-18)19-10-11-20(26-4-2)22(24)21(19)23/h10-11,16-18H,3-9,12-15H2,1-2H3. The highest BCUT2D eigenvalue weighted by atomic mass is 19.2. The van der Waals surface area contributed by atoms with E-state index in [2.05, 4.69) is 6.92 Å². The Labute approximate surface area is 156 Å². The minimum atomic E-state index is -0.860. The molecular weight excluding hydrogens is 332 g/mol. The fourth-order valence-electron chi connectivity index (χ4n) is 5.00. The molecule has 0 aromatic heterocycles. The van der Waals surface area contributed by atoms with Gasteiger partial charge in [-0.05, 0) is 62.5 Å². The summed E-state index contributed by atoms with van der Waals surface area (Å²) in [5.74, 6) is 0.913. The summed E-state index contributed by atoms with van der Waals surface area (Å²) in [6.45, 7) is 6.03. The van der Waals surface area contributed by atoms with Crippen LogP contribution >= 0.6 is 0 Å². The Morgan fingerprint density at radius 3 is 2.19 bits per heavy atom. The van der Waals surface area contributed by atoms with Gasteiger partial charge in [0.2, 0.25) is 5.82 Å². The summed E-state index contributed by atoms with van der Waals surface area (Å²) in [4.78, 5) is 2.01. The van der Waals surface area contributed by atoms with Gasteiger partial charge in [-0.15, -0.1) is 0 Å². The molecule has 1 saturated carbocycles. The number of hydrogen-bond acceptors (Lipinski definition) is 2. The van der Waals surface area contributed by atoms with Crippen LogP contribution in [0.5, 0.6) is 5.75 Å². The lowest BCUT2D eigenvalue weighted by atomic mass is 9.72. The molecule has 1 aromatic carbocycles. The molecule has 1 heterocycles. The quantitative estimate of drug-likeness (QED) is 0.596. The second-order valence-corrected chi connectivity index (χ2v) is 8.04. The third kappa shape index (κ3) is 4.32. The van der Waals surface area contributed by atoms with Crippen LogP contribution in [0.15, 0.2) is 12.1 Å². The highest BCUT2D eigenvalue weighted by Gasteiger charge is 2.31. The second-order valence-electron chi connectivity index (χ2n) is 8.04. The molecule has 26 heavy (non-hydrogen) atoms. The number of halogens is 2. The van der Waals surface area contributed by atoms with Crippen molar-refractivity contribution in [3.63, 3.8) is 0 Å². The van der Waals surface area contributed by atoms with Crippen LogP contribution in [-0.4, -0.2) is 19.7 Å². The Balaban J connectivity index is 1.55. The number of piperidine rings is 1. The molecule has 0 N–H and O–H groups in total. The molecule has 0 radical (unpaired) electrons. The van der Waals surface area contributed by atoms with Gasteiger partial charge in [-0.2, -0.15) is 4.39 Å². The third-order valence-corrected chi connectivity index (χ3v) is 6.46. The zero-order valence-corrected chi connectivity index (χ0v) is 16.3. The highest BCUT2D eigenvalue weighted by molar-refractivity contribution is 5.51. The molecule has 4 heteroatoms. The van der Waals surface area contributed by atoms with E-state index in [0.717, 1.165) is 43.7 Å². The van der Waals surface area contributed by atoms with Crippen LogP contribution in [0.3, 0.4) is 0 Å². The van der Waals surface area contributed by atoms with E-state index in [1.807, 2.05) is 4.90 Å². The van der Waals surface area contributed by atoms with Gasteiger partial charge >= 0.3 is 0 Å². The van der Waals surface area contributed by atoms with Crippen LogP contribution in [-0.2, 0) is 0 Å². The molecule has 0 amide bonds. The average molecular weight is 366 g/mol. The SMILES string of the molecule is CCCC1CCC(C2CCN(c3ccc(OCC)c(F)c3F)CC2)CC1. The Morgan fingerprint density at radius 1 is 0.923 bits per heavy atom. The molecular formula is C22H33F2NO. The monoisotopic (exact) mass is 365 g/mol. The van der Waals surface area contributed by atoms with Gasteiger partial charge in [-0.25, -0.2) is 4.39 Å². The number of nitrogens with zero attached hydrogens (tertiary/aromatic N) is 1. The summed E-state index contributed by atoms with van der Waals surface area (Å²) in [5, 5.41) is 0. The van der Waals surface area contributed by atoms with Gasteiger partial charge in [-0.3, -0.25) is 0 Å². The first-order chi connectivity index (χ1) is 12.6. The average Bonchev–Trinajstić information content (AvgIpc) is 2.67. The molecule has 0 bridgehead atoms. The van der Waals surface area contributed by atoms with Crippen molar-refractivity contribution in [1.29, 1.82) is 0 Å². The largest absolute Gasteiger partial charge is 0.491 e. The maximum absolute atomic E-state index is 14.4. The molecule has 0 unspecified atom stereocenters. The zero-order chi connectivity index (χ0) is 18.5. The maximum atomic E-state index is 14.4. The summed E-state index contributed by atoms with van der Waals surface area (Å²) in [5.41, 5.74) is 0.385. The molecule has 1 aromatic rings. The summed E-state index contributed by atoms with van der Waals surface area (Å²) in [6.07, 6.45) is 10.4. The minimum absolute atomic E-state index is 0.00692. The van der Waals surface area contributed by atoms with Gasteiger partial charge in [0, 0.05) is 13.1 Å². The van der Waals surface area contributed by atoms with E-state index in [1.54, 1.807) is 19.1 Å². The molecule has 3 rings (SSSR count). The lowest BCUT2D eigenvalue weighted by molar-refractivity contribution is 0.174. The number of benzene rings is 1. The lowest BCUT2D eigenvalue weighted by Gasteiger charge is -2.40. The second kappa shape index (κ2) is 9.05. The molecule has 0 spiro atoms. The van der Waals surface area contributed by atoms with Crippen LogP contribution < -0.4 is 9.64 Å². The topological polar surface area (TPSA) is 12.5 Å². The van der Waals surface area contributed by atoms with Crippen LogP contribution in [0.2, 0.25) is 0 Å². The summed E-state index contributed by atoms with van der Waals surface area (Å²) < 4.78 is 33.7. The zero-order valence-electron chi connectivity index (χ0n) is 16.3. The Kier molecular flexibility index (Phi) is 6.77. The van der Waals surface area contributed by atoms with E-state index in [-0.39, 0.29) is 5.75 Å². The van der Waals surface area contributed by atoms with Crippen LogP contribution in [0.4, 0.5) is 14.5 Å². The normalized spacial score (nSPS) is 24.7. The first-order valence-corrected chi connectivity index (χ1v) is 10.5. The molecule has 0 atom stereocenters. The first kappa shape index (κ1) is 19.4. The number of hydrogen-bond donors (Lipinski definition) is 0. The van der Waals surface area contributed by atoms with Crippen molar-refractivity contribution in [2.75, 3.05) is 24.6 Å². The van der Waals surface area contributed by atoms with Gasteiger partial charge in [0.1, 0.15) is 0 Å². The smallest absolute Gasteiger partial charge is 0.202 e. The van der Waals surface area contributed by atoms with Crippen molar-refractivity contribution in [3.05, 3.63) is 23.8 Å². The Hall–Kier alpha value is -1.32. The van der Waals surface area contributed by atoms with Crippen molar-refractivity contribution in [1.82, 2.24) is 0 Å². The lowest BCUT2D eigenvalue weighted by Crippen LogP contribution is -2.37. The summed E-state index contributed by atoms with van der Waals surface area (Å²) >= 11 is 0. The van der Waals surface area contributed by atoms with Gasteiger partial charge < -0.3 is 9.64 Å². The number of ether oxygens (including phenoxy) is 1. The van der Waals surface area contributed by atoms with E-state index < -0.39 is 11.6 Å². The summed E-state index contributed by atoms with van der Waals surface area (Å²) in [6, 6.07) is 3.22. The minimum Gasteiger partial charge on any atom is -0.491 e.